The standard InChI is InChI=1S/C20H22ClN3O3S/c1-14-15(21)5-6-17-18(14)22-20(28-17)24(19(25)16-4-2-11-27-16)8-3-7-23-9-12-26-13-10-23/h2,4-6,11H,3,7-10,12-13H2,1H3. The van der Waals surface area contributed by atoms with Crippen LogP contribution in [0.4, 0.5) is 5.13 Å². The van der Waals surface area contributed by atoms with Crippen LogP contribution in [-0.4, -0.2) is 55.2 Å². The van der Waals surface area contributed by atoms with Gasteiger partial charge in [-0.05, 0) is 43.2 Å². The third-order valence-electron chi connectivity index (χ3n) is 4.90. The predicted molar refractivity (Wildman–Crippen MR) is 112 cm³/mol. The molecule has 0 N–H and O–H groups in total. The fraction of sp³-hybridized carbons (Fsp3) is 0.400. The smallest absolute Gasteiger partial charge is 0.295 e. The summed E-state index contributed by atoms with van der Waals surface area (Å²) in [6, 6.07) is 7.24. The Morgan fingerprint density at radius 2 is 2.14 bits per heavy atom. The highest BCUT2D eigenvalue weighted by Crippen LogP contribution is 2.34. The van der Waals surface area contributed by atoms with Crippen molar-refractivity contribution in [3.63, 3.8) is 0 Å². The second-order valence-electron chi connectivity index (χ2n) is 6.76. The van der Waals surface area contributed by atoms with Gasteiger partial charge in [-0.1, -0.05) is 22.9 Å². The van der Waals surface area contributed by atoms with Crippen LogP contribution in [0.25, 0.3) is 10.2 Å². The first-order valence-electron chi connectivity index (χ1n) is 9.34. The number of thiazole rings is 1. The van der Waals surface area contributed by atoms with Crippen molar-refractivity contribution in [1.82, 2.24) is 9.88 Å². The normalized spacial score (nSPS) is 15.2. The summed E-state index contributed by atoms with van der Waals surface area (Å²) < 4.78 is 11.8. The molecule has 0 unspecified atom stereocenters. The minimum Gasteiger partial charge on any atom is -0.459 e. The monoisotopic (exact) mass is 419 g/mol. The van der Waals surface area contributed by atoms with Gasteiger partial charge < -0.3 is 9.15 Å². The topological polar surface area (TPSA) is 58.8 Å². The Labute approximate surface area is 172 Å². The van der Waals surface area contributed by atoms with E-state index in [-0.39, 0.29) is 5.91 Å². The highest BCUT2D eigenvalue weighted by atomic mass is 35.5. The van der Waals surface area contributed by atoms with E-state index in [0.29, 0.717) is 22.5 Å². The zero-order valence-corrected chi connectivity index (χ0v) is 17.3. The number of aryl methyl sites for hydroxylation is 1. The maximum absolute atomic E-state index is 13.1. The molecule has 0 atom stereocenters. The molecule has 8 heteroatoms. The van der Waals surface area contributed by atoms with Crippen molar-refractivity contribution < 1.29 is 13.9 Å². The molecule has 2 aromatic heterocycles. The molecule has 1 saturated heterocycles. The number of fused-ring (bicyclic) bond motifs is 1. The number of hydrogen-bond acceptors (Lipinski definition) is 6. The molecule has 0 bridgehead atoms. The minimum absolute atomic E-state index is 0.171. The van der Waals surface area contributed by atoms with Crippen molar-refractivity contribution in [3.8, 4) is 0 Å². The summed E-state index contributed by atoms with van der Waals surface area (Å²) >= 11 is 7.74. The van der Waals surface area contributed by atoms with Gasteiger partial charge in [0.05, 0.1) is 29.7 Å². The van der Waals surface area contributed by atoms with E-state index >= 15 is 0 Å². The maximum atomic E-state index is 13.1. The van der Waals surface area contributed by atoms with Gasteiger partial charge in [-0.3, -0.25) is 14.6 Å². The van der Waals surface area contributed by atoms with Gasteiger partial charge >= 0.3 is 0 Å². The van der Waals surface area contributed by atoms with Gasteiger partial charge in [0.1, 0.15) is 0 Å². The Morgan fingerprint density at radius 1 is 1.32 bits per heavy atom. The van der Waals surface area contributed by atoms with Crippen LogP contribution in [0.5, 0.6) is 0 Å². The summed E-state index contributed by atoms with van der Waals surface area (Å²) in [6.07, 6.45) is 2.36. The van der Waals surface area contributed by atoms with Gasteiger partial charge in [-0.25, -0.2) is 4.98 Å². The molecule has 0 saturated carbocycles. The van der Waals surface area contributed by atoms with Crippen molar-refractivity contribution in [1.29, 1.82) is 0 Å². The number of carbonyl (C=O) groups is 1. The van der Waals surface area contributed by atoms with E-state index < -0.39 is 0 Å². The van der Waals surface area contributed by atoms with E-state index in [2.05, 4.69) is 4.90 Å². The van der Waals surface area contributed by atoms with E-state index in [9.17, 15) is 4.79 Å². The molecule has 0 spiro atoms. The zero-order chi connectivity index (χ0) is 19.5. The number of aromatic nitrogens is 1. The minimum atomic E-state index is -0.171. The van der Waals surface area contributed by atoms with Gasteiger partial charge in [-0.2, -0.15) is 0 Å². The lowest BCUT2D eigenvalue weighted by Crippen LogP contribution is -2.39. The van der Waals surface area contributed by atoms with Crippen LogP contribution in [0.1, 0.15) is 22.5 Å². The number of morpholine rings is 1. The average Bonchev–Trinajstić information content (AvgIpc) is 3.39. The summed E-state index contributed by atoms with van der Waals surface area (Å²) in [6.45, 7) is 6.85. The number of halogens is 1. The van der Waals surface area contributed by atoms with Crippen molar-refractivity contribution in [2.24, 2.45) is 0 Å². The Hall–Kier alpha value is -1.93. The van der Waals surface area contributed by atoms with Crippen LogP contribution in [0.3, 0.4) is 0 Å². The number of amides is 1. The molecule has 6 nitrogen and oxygen atoms in total. The summed E-state index contributed by atoms with van der Waals surface area (Å²) in [5, 5.41) is 1.35. The Kier molecular flexibility index (Phi) is 5.96. The lowest BCUT2D eigenvalue weighted by molar-refractivity contribution is 0.0376. The van der Waals surface area contributed by atoms with Crippen molar-refractivity contribution in [2.45, 2.75) is 13.3 Å². The van der Waals surface area contributed by atoms with Gasteiger partial charge in [-0.15, -0.1) is 0 Å². The largest absolute Gasteiger partial charge is 0.459 e. The average molecular weight is 420 g/mol. The van der Waals surface area contributed by atoms with E-state index in [1.54, 1.807) is 17.0 Å². The second kappa shape index (κ2) is 8.61. The highest BCUT2D eigenvalue weighted by Gasteiger charge is 2.24. The maximum Gasteiger partial charge on any atom is 0.295 e. The molecule has 1 aliphatic heterocycles. The zero-order valence-electron chi connectivity index (χ0n) is 15.7. The summed E-state index contributed by atoms with van der Waals surface area (Å²) in [5.41, 5.74) is 1.78. The first-order chi connectivity index (χ1) is 13.6. The second-order valence-corrected chi connectivity index (χ2v) is 8.17. The van der Waals surface area contributed by atoms with Crippen molar-refractivity contribution >= 4 is 44.2 Å². The van der Waals surface area contributed by atoms with E-state index in [0.717, 1.165) is 55.0 Å². The molecule has 3 aromatic rings. The molecular formula is C20H22ClN3O3S. The molecule has 1 fully saturated rings. The lowest BCUT2D eigenvalue weighted by Gasteiger charge is -2.27. The fourth-order valence-corrected chi connectivity index (χ4v) is 4.50. The van der Waals surface area contributed by atoms with Gasteiger partial charge in [0.15, 0.2) is 10.9 Å². The van der Waals surface area contributed by atoms with Gasteiger partial charge in [0.2, 0.25) is 0 Å². The fourth-order valence-electron chi connectivity index (χ4n) is 3.30. The number of rotatable bonds is 6. The number of ether oxygens (including phenoxy) is 1. The lowest BCUT2D eigenvalue weighted by atomic mass is 10.2. The molecule has 148 valence electrons. The summed E-state index contributed by atoms with van der Waals surface area (Å²) in [4.78, 5) is 21.9. The SMILES string of the molecule is Cc1c(Cl)ccc2sc(N(CCCN3CCOCC3)C(=O)c3ccco3)nc12. The molecule has 1 aliphatic rings. The number of benzene rings is 1. The molecule has 4 rings (SSSR count). The van der Waals surface area contributed by atoms with Crippen LogP contribution in [0, 0.1) is 6.92 Å². The van der Waals surface area contributed by atoms with Crippen molar-refractivity contribution in [3.05, 3.63) is 46.9 Å². The Morgan fingerprint density at radius 3 is 2.89 bits per heavy atom. The summed E-state index contributed by atoms with van der Waals surface area (Å²) in [5.74, 6) is 0.148. The molecule has 0 radical (unpaired) electrons. The van der Waals surface area contributed by atoms with Crippen LogP contribution in [0.15, 0.2) is 34.9 Å². The quantitative estimate of drug-likeness (QED) is 0.598. The molecule has 28 heavy (non-hydrogen) atoms. The number of carbonyl (C=O) groups excluding carboxylic acids is 1. The molecular weight excluding hydrogens is 398 g/mol. The molecule has 1 aromatic carbocycles. The van der Waals surface area contributed by atoms with Crippen molar-refractivity contribution in [2.75, 3.05) is 44.3 Å². The molecule has 0 aliphatic carbocycles. The number of anilines is 1. The van der Waals surface area contributed by atoms with Gasteiger partial charge in [0.25, 0.3) is 5.91 Å². The number of nitrogens with zero attached hydrogens (tertiary/aromatic N) is 3. The van der Waals surface area contributed by atoms with Gasteiger partial charge in [0, 0.05) is 31.2 Å². The predicted octanol–water partition coefficient (Wildman–Crippen LogP) is 4.22. The van der Waals surface area contributed by atoms with Crippen LogP contribution >= 0.6 is 22.9 Å². The van der Waals surface area contributed by atoms with E-state index in [1.807, 2.05) is 19.1 Å². The highest BCUT2D eigenvalue weighted by molar-refractivity contribution is 7.22. The number of furan rings is 1. The van der Waals surface area contributed by atoms with E-state index in [4.69, 9.17) is 25.7 Å². The Balaban J connectivity index is 1.57. The van der Waals surface area contributed by atoms with E-state index in [1.165, 1.54) is 17.6 Å². The van der Waals surface area contributed by atoms with Crippen LogP contribution in [-0.2, 0) is 4.74 Å². The Bertz CT molecular complexity index is 951. The third kappa shape index (κ3) is 4.07. The third-order valence-corrected chi connectivity index (χ3v) is 6.36. The molecule has 3 heterocycles. The first kappa shape index (κ1) is 19.4. The summed E-state index contributed by atoms with van der Waals surface area (Å²) in [7, 11) is 0. The van der Waals surface area contributed by atoms with Crippen LogP contribution < -0.4 is 4.90 Å². The van der Waals surface area contributed by atoms with Crippen LogP contribution in [0.2, 0.25) is 5.02 Å². The molecule has 1 amide bonds. The number of hydrogen-bond donors (Lipinski definition) is 0. The first-order valence-corrected chi connectivity index (χ1v) is 10.5.